The van der Waals surface area contributed by atoms with Gasteiger partial charge in [0.25, 0.3) is 0 Å². The number of sulfonamides is 1. The van der Waals surface area contributed by atoms with Gasteiger partial charge in [0, 0.05) is 23.7 Å². The van der Waals surface area contributed by atoms with Gasteiger partial charge < -0.3 is 11.1 Å². The van der Waals surface area contributed by atoms with E-state index in [2.05, 4.69) is 10.0 Å². The molecule has 148 valence electrons. The number of anilines is 1. The van der Waals surface area contributed by atoms with E-state index in [0.717, 1.165) is 19.3 Å². The summed E-state index contributed by atoms with van der Waals surface area (Å²) in [4.78, 5) is 12.5. The van der Waals surface area contributed by atoms with Crippen molar-refractivity contribution in [3.8, 4) is 0 Å². The van der Waals surface area contributed by atoms with Crippen molar-refractivity contribution in [1.29, 1.82) is 0 Å². The fourth-order valence-electron chi connectivity index (χ4n) is 3.26. The molecule has 2 atom stereocenters. The van der Waals surface area contributed by atoms with Gasteiger partial charge in [0.15, 0.2) is 0 Å². The van der Waals surface area contributed by atoms with Gasteiger partial charge in [-0.2, -0.15) is 0 Å². The molecule has 1 aliphatic rings. The van der Waals surface area contributed by atoms with Crippen LogP contribution in [-0.4, -0.2) is 25.9 Å². The smallest absolute Gasteiger partial charge is 0.241 e. The first-order valence-corrected chi connectivity index (χ1v) is 10.2. The Labute approximate surface area is 162 Å². The molecule has 0 unspecified atom stereocenters. The van der Waals surface area contributed by atoms with Crippen molar-refractivity contribution in [3.05, 3.63) is 23.8 Å². The zero-order chi connectivity index (χ0) is 18.8. The number of hydrogen-bond donors (Lipinski definition) is 3. The first kappa shape index (κ1) is 22.9. The van der Waals surface area contributed by atoms with E-state index >= 15 is 0 Å². The maximum Gasteiger partial charge on any atom is 0.241 e. The molecule has 1 fully saturated rings. The SMILES string of the molecule is Cc1c(NC(=O)C[C@@H]2CCC[C@H]2N)cccc1S(=O)(=O)NC(C)(C)C.Cl. The van der Waals surface area contributed by atoms with E-state index in [4.69, 9.17) is 5.73 Å². The lowest BCUT2D eigenvalue weighted by Crippen LogP contribution is -2.40. The van der Waals surface area contributed by atoms with Crippen LogP contribution >= 0.6 is 12.4 Å². The van der Waals surface area contributed by atoms with Crippen LogP contribution in [0.4, 0.5) is 5.69 Å². The number of carbonyl (C=O) groups excluding carboxylic acids is 1. The van der Waals surface area contributed by atoms with Gasteiger partial charge in [0.05, 0.1) is 4.90 Å². The number of rotatable bonds is 5. The van der Waals surface area contributed by atoms with E-state index in [9.17, 15) is 13.2 Å². The number of benzene rings is 1. The van der Waals surface area contributed by atoms with E-state index < -0.39 is 15.6 Å². The van der Waals surface area contributed by atoms with Crippen LogP contribution in [0.5, 0.6) is 0 Å². The predicted molar refractivity (Wildman–Crippen MR) is 107 cm³/mol. The summed E-state index contributed by atoms with van der Waals surface area (Å²) >= 11 is 0. The van der Waals surface area contributed by atoms with Gasteiger partial charge in [0.1, 0.15) is 0 Å². The first-order valence-electron chi connectivity index (χ1n) is 8.68. The second kappa shape index (κ2) is 8.69. The lowest BCUT2D eigenvalue weighted by molar-refractivity contribution is -0.117. The molecule has 4 N–H and O–H groups in total. The molecule has 0 heterocycles. The van der Waals surface area contributed by atoms with Crippen LogP contribution in [0.15, 0.2) is 23.1 Å². The molecule has 1 aromatic rings. The minimum Gasteiger partial charge on any atom is -0.327 e. The summed E-state index contributed by atoms with van der Waals surface area (Å²) in [7, 11) is -3.66. The Hall–Kier alpha value is -1.15. The average Bonchev–Trinajstić information content (AvgIpc) is 2.83. The summed E-state index contributed by atoms with van der Waals surface area (Å²) in [6, 6.07) is 4.99. The van der Waals surface area contributed by atoms with Crippen molar-refractivity contribution in [2.24, 2.45) is 11.7 Å². The first-order chi connectivity index (χ1) is 11.5. The van der Waals surface area contributed by atoms with Crippen LogP contribution in [0.3, 0.4) is 0 Å². The zero-order valence-electron chi connectivity index (χ0n) is 15.8. The molecule has 0 radical (unpaired) electrons. The van der Waals surface area contributed by atoms with Crippen molar-refractivity contribution >= 4 is 34.0 Å². The molecule has 8 heteroatoms. The third-order valence-corrected chi connectivity index (χ3v) is 6.36. The Bertz CT molecular complexity index is 745. The molecule has 0 bridgehead atoms. The normalized spacial score (nSPS) is 20.5. The largest absolute Gasteiger partial charge is 0.327 e. The number of nitrogens with two attached hydrogens (primary N) is 1. The van der Waals surface area contributed by atoms with Crippen LogP contribution < -0.4 is 15.8 Å². The van der Waals surface area contributed by atoms with Crippen LogP contribution in [-0.2, 0) is 14.8 Å². The van der Waals surface area contributed by atoms with Crippen molar-refractivity contribution < 1.29 is 13.2 Å². The van der Waals surface area contributed by atoms with E-state index in [1.807, 2.05) is 0 Å². The quantitative estimate of drug-likeness (QED) is 0.703. The second-order valence-electron chi connectivity index (χ2n) is 7.89. The summed E-state index contributed by atoms with van der Waals surface area (Å²) in [6.45, 7) is 7.07. The molecule has 0 aromatic heterocycles. The Balaban J connectivity index is 0.00000338. The van der Waals surface area contributed by atoms with Gasteiger partial charge in [-0.3, -0.25) is 4.79 Å². The molecule has 1 aliphatic carbocycles. The molecule has 2 rings (SSSR count). The van der Waals surface area contributed by atoms with E-state index in [0.29, 0.717) is 17.7 Å². The van der Waals surface area contributed by atoms with Gasteiger partial charge in [-0.05, 0) is 64.2 Å². The van der Waals surface area contributed by atoms with Crippen molar-refractivity contribution in [2.45, 2.75) is 69.9 Å². The number of halogens is 1. The summed E-state index contributed by atoms with van der Waals surface area (Å²) in [5.74, 6) is 0.0820. The molecule has 1 aromatic carbocycles. The predicted octanol–water partition coefficient (Wildman–Crippen LogP) is 2.95. The second-order valence-corrected chi connectivity index (χ2v) is 9.54. The molecular formula is C18H30ClN3O3S. The molecule has 0 aliphatic heterocycles. The molecule has 0 spiro atoms. The van der Waals surface area contributed by atoms with Crippen LogP contribution in [0.25, 0.3) is 0 Å². The van der Waals surface area contributed by atoms with Crippen molar-refractivity contribution in [2.75, 3.05) is 5.32 Å². The van der Waals surface area contributed by atoms with Gasteiger partial charge >= 0.3 is 0 Å². The van der Waals surface area contributed by atoms with Gasteiger partial charge in [-0.25, -0.2) is 13.1 Å². The lowest BCUT2D eigenvalue weighted by Gasteiger charge is -2.22. The van der Waals surface area contributed by atoms with Crippen LogP contribution in [0.1, 0.15) is 52.0 Å². The third kappa shape index (κ3) is 5.94. The maximum absolute atomic E-state index is 12.6. The minimum absolute atomic E-state index is 0. The Kier molecular flexibility index (Phi) is 7.65. The Morgan fingerprint density at radius 1 is 1.27 bits per heavy atom. The number of hydrogen-bond acceptors (Lipinski definition) is 4. The molecule has 1 saturated carbocycles. The molecular weight excluding hydrogens is 374 g/mol. The lowest BCUT2D eigenvalue weighted by atomic mass is 10.00. The Morgan fingerprint density at radius 2 is 1.92 bits per heavy atom. The van der Waals surface area contributed by atoms with Crippen LogP contribution in [0, 0.1) is 12.8 Å². The highest BCUT2D eigenvalue weighted by Gasteiger charge is 2.27. The molecule has 26 heavy (non-hydrogen) atoms. The standard InChI is InChI=1S/C18H29N3O3S.ClH/c1-12-15(20-17(22)11-13-7-5-8-14(13)19)9-6-10-16(12)25(23,24)21-18(2,3)4;/h6,9-10,13-14,21H,5,7-8,11,19H2,1-4H3,(H,20,22);1H/t13-,14+;/m0./s1. The summed E-state index contributed by atoms with van der Waals surface area (Å²) in [6.07, 6.45) is 3.36. The van der Waals surface area contributed by atoms with Gasteiger partial charge in [-0.15, -0.1) is 12.4 Å². The van der Waals surface area contributed by atoms with E-state index in [1.165, 1.54) is 0 Å². The fourth-order valence-corrected chi connectivity index (χ4v) is 4.94. The van der Waals surface area contributed by atoms with Gasteiger partial charge in [0.2, 0.25) is 15.9 Å². The molecule has 6 nitrogen and oxygen atoms in total. The summed E-state index contributed by atoms with van der Waals surface area (Å²) in [5.41, 5.74) is 6.50. The minimum atomic E-state index is -3.66. The van der Waals surface area contributed by atoms with Gasteiger partial charge in [-0.1, -0.05) is 12.5 Å². The summed E-state index contributed by atoms with van der Waals surface area (Å²) < 4.78 is 27.8. The highest BCUT2D eigenvalue weighted by atomic mass is 35.5. The monoisotopic (exact) mass is 403 g/mol. The maximum atomic E-state index is 12.6. The zero-order valence-corrected chi connectivity index (χ0v) is 17.5. The highest BCUT2D eigenvalue weighted by molar-refractivity contribution is 7.89. The van der Waals surface area contributed by atoms with Crippen molar-refractivity contribution in [1.82, 2.24) is 4.72 Å². The molecule has 1 amide bonds. The number of carbonyl (C=O) groups is 1. The number of nitrogens with one attached hydrogen (secondary N) is 2. The highest BCUT2D eigenvalue weighted by Crippen LogP contribution is 2.28. The number of amides is 1. The Morgan fingerprint density at radius 3 is 2.46 bits per heavy atom. The fraction of sp³-hybridized carbons (Fsp3) is 0.611. The average molecular weight is 404 g/mol. The van der Waals surface area contributed by atoms with E-state index in [-0.39, 0.29) is 35.2 Å². The third-order valence-electron chi connectivity index (χ3n) is 4.45. The molecule has 0 saturated heterocycles. The summed E-state index contributed by atoms with van der Waals surface area (Å²) in [5, 5.41) is 2.85. The topological polar surface area (TPSA) is 101 Å². The van der Waals surface area contributed by atoms with E-state index in [1.54, 1.807) is 45.9 Å². The van der Waals surface area contributed by atoms with Crippen molar-refractivity contribution in [3.63, 3.8) is 0 Å². The van der Waals surface area contributed by atoms with Crippen LogP contribution in [0.2, 0.25) is 0 Å².